The molecule has 5 rings (SSSR count). The largest absolute Gasteiger partial charge is 0.378 e. The first kappa shape index (κ1) is 27.8. The molecule has 0 bridgehead atoms. The monoisotopic (exact) mass is 622 g/mol. The fraction of sp³-hybridized carbons (Fsp3) is 0.360. The highest BCUT2D eigenvalue weighted by molar-refractivity contribution is 14.2. The van der Waals surface area contributed by atoms with E-state index in [4.69, 9.17) is 19.7 Å². The summed E-state index contributed by atoms with van der Waals surface area (Å²) in [6.07, 6.45) is 2.62. The lowest BCUT2D eigenvalue weighted by atomic mass is 10.1. The number of aromatic nitrogens is 5. The van der Waals surface area contributed by atoms with E-state index < -0.39 is 0 Å². The minimum absolute atomic E-state index is 0.546. The SMILES string of the molecule is CC.CC.IPn1cc2c(-c3nc(SCc4ccccc4)nc(N4CCOCC4)n3)cccc2n1. The number of anilines is 1. The van der Waals surface area contributed by atoms with Gasteiger partial charge in [-0.1, -0.05) is 81.9 Å². The van der Waals surface area contributed by atoms with Crippen molar-refractivity contribution in [3.8, 4) is 11.4 Å². The van der Waals surface area contributed by atoms with Crippen LogP contribution in [-0.4, -0.2) is 50.8 Å². The van der Waals surface area contributed by atoms with Gasteiger partial charge < -0.3 is 9.64 Å². The summed E-state index contributed by atoms with van der Waals surface area (Å²) in [6, 6.07) is 16.5. The van der Waals surface area contributed by atoms with Crippen LogP contribution in [0.5, 0.6) is 0 Å². The minimum atomic E-state index is 0.546. The minimum Gasteiger partial charge on any atom is -0.378 e. The van der Waals surface area contributed by atoms with E-state index in [0.717, 1.165) is 40.5 Å². The van der Waals surface area contributed by atoms with Gasteiger partial charge in [0.15, 0.2) is 11.0 Å². The van der Waals surface area contributed by atoms with Gasteiger partial charge in [0, 0.05) is 36.0 Å². The van der Waals surface area contributed by atoms with Gasteiger partial charge in [-0.25, -0.2) is 9.44 Å². The van der Waals surface area contributed by atoms with Crippen LogP contribution in [0, 0.1) is 0 Å². The predicted molar refractivity (Wildman–Crippen MR) is 158 cm³/mol. The first-order valence-electron chi connectivity index (χ1n) is 11.9. The number of ether oxygens (including phenoxy) is 1. The third-order valence-corrected chi connectivity index (χ3v) is 7.79. The zero-order chi connectivity index (χ0) is 25.0. The van der Waals surface area contributed by atoms with Gasteiger partial charge >= 0.3 is 0 Å². The molecule has 1 fully saturated rings. The maximum absolute atomic E-state index is 5.52. The first-order valence-corrected chi connectivity index (χ1v) is 17.0. The predicted octanol–water partition coefficient (Wildman–Crippen LogP) is 6.86. The van der Waals surface area contributed by atoms with Gasteiger partial charge in [-0.3, -0.25) is 0 Å². The molecule has 0 aliphatic carbocycles. The van der Waals surface area contributed by atoms with E-state index >= 15 is 0 Å². The number of fused-ring (bicyclic) bond motifs is 1. The van der Waals surface area contributed by atoms with E-state index in [2.05, 4.69) is 68.6 Å². The Bertz CT molecular complexity index is 1190. The fourth-order valence-electron chi connectivity index (χ4n) is 3.44. The van der Waals surface area contributed by atoms with Crippen molar-refractivity contribution in [2.45, 2.75) is 38.6 Å². The van der Waals surface area contributed by atoms with Crippen LogP contribution in [-0.2, 0) is 10.5 Å². The number of hydrogen-bond acceptors (Lipinski definition) is 7. The van der Waals surface area contributed by atoms with Crippen LogP contribution in [0.3, 0.4) is 0 Å². The molecule has 4 aromatic rings. The molecule has 1 aliphatic heterocycles. The van der Waals surface area contributed by atoms with Crippen LogP contribution in [0.2, 0.25) is 0 Å². The smallest absolute Gasteiger partial charge is 0.230 e. The maximum atomic E-state index is 5.52. The van der Waals surface area contributed by atoms with Crippen LogP contribution in [0.1, 0.15) is 33.3 Å². The molecule has 0 amide bonds. The summed E-state index contributed by atoms with van der Waals surface area (Å²) in [5, 5.41) is 6.44. The Hall–Kier alpha value is -1.81. The zero-order valence-electron chi connectivity index (χ0n) is 20.6. The quantitative estimate of drug-likeness (QED) is 0.132. The molecule has 1 saturated heterocycles. The van der Waals surface area contributed by atoms with Crippen molar-refractivity contribution in [1.82, 2.24) is 24.5 Å². The number of rotatable bonds is 6. The summed E-state index contributed by atoms with van der Waals surface area (Å²) < 4.78 is 7.48. The Labute approximate surface area is 226 Å². The lowest BCUT2D eigenvalue weighted by Crippen LogP contribution is -2.37. The molecule has 35 heavy (non-hydrogen) atoms. The molecule has 186 valence electrons. The third-order valence-electron chi connectivity index (χ3n) is 4.99. The average molecular weight is 623 g/mol. The number of morpholine rings is 1. The average Bonchev–Trinajstić information content (AvgIpc) is 3.39. The Kier molecular flexibility index (Phi) is 11.6. The second-order valence-corrected chi connectivity index (χ2v) is 10.0. The topological polar surface area (TPSA) is 69.0 Å². The Morgan fingerprint density at radius 1 is 0.943 bits per heavy atom. The van der Waals surface area contributed by atoms with Crippen molar-refractivity contribution in [2.24, 2.45) is 0 Å². The van der Waals surface area contributed by atoms with Crippen LogP contribution >= 0.6 is 40.2 Å². The summed E-state index contributed by atoms with van der Waals surface area (Å²) in [4.78, 5) is 16.7. The van der Waals surface area contributed by atoms with Crippen molar-refractivity contribution in [2.75, 3.05) is 31.2 Å². The van der Waals surface area contributed by atoms with Crippen LogP contribution in [0.15, 0.2) is 59.9 Å². The Morgan fingerprint density at radius 2 is 1.69 bits per heavy atom. The highest BCUT2D eigenvalue weighted by atomic mass is 127. The van der Waals surface area contributed by atoms with Crippen LogP contribution in [0.25, 0.3) is 22.3 Å². The second kappa shape index (κ2) is 14.7. The van der Waals surface area contributed by atoms with Gasteiger partial charge in [-0.05, 0) is 33.7 Å². The summed E-state index contributed by atoms with van der Waals surface area (Å²) in [7, 11) is 0. The molecule has 1 aliphatic rings. The molecule has 2 aromatic carbocycles. The van der Waals surface area contributed by atoms with Gasteiger partial charge in [0.1, 0.15) is 0 Å². The zero-order valence-corrected chi connectivity index (χ0v) is 24.6. The summed E-state index contributed by atoms with van der Waals surface area (Å²) >= 11 is 3.97. The second-order valence-electron chi connectivity index (χ2n) is 7.01. The molecule has 0 radical (unpaired) electrons. The van der Waals surface area contributed by atoms with Crippen LogP contribution < -0.4 is 4.90 Å². The Balaban J connectivity index is 0.000000815. The first-order chi connectivity index (χ1) is 17.3. The third kappa shape index (κ3) is 7.35. The highest BCUT2D eigenvalue weighted by Crippen LogP contribution is 2.32. The lowest BCUT2D eigenvalue weighted by molar-refractivity contribution is 0.122. The summed E-state index contributed by atoms with van der Waals surface area (Å²) in [5.41, 5.74) is 3.18. The molecule has 2 aromatic heterocycles. The van der Waals surface area contributed by atoms with Crippen molar-refractivity contribution in [3.63, 3.8) is 0 Å². The number of hydrogen-bond donors (Lipinski definition) is 0. The van der Waals surface area contributed by atoms with E-state index in [9.17, 15) is 0 Å². The standard InChI is InChI=1S/C21H20IN6OPS.2C2H6/c22-30-28-13-17-16(7-4-8-18(17)26-28)19-23-20(27-9-11-29-12-10-27)25-21(24-19)31-14-15-5-2-1-3-6-15;2*1-2/h1-8,13,30H,9-12,14H2;2*1-2H3. The molecule has 0 saturated carbocycles. The molecule has 3 heterocycles. The number of benzene rings is 2. The van der Waals surface area contributed by atoms with Crippen molar-refractivity contribution in [1.29, 1.82) is 0 Å². The van der Waals surface area contributed by atoms with Gasteiger partial charge in [-0.2, -0.15) is 15.1 Å². The molecule has 0 spiro atoms. The molecular weight excluding hydrogens is 590 g/mol. The normalized spacial score (nSPS) is 13.3. The van der Waals surface area contributed by atoms with Crippen molar-refractivity contribution in [3.05, 3.63) is 60.3 Å². The van der Waals surface area contributed by atoms with Crippen LogP contribution in [0.4, 0.5) is 5.95 Å². The van der Waals surface area contributed by atoms with Gasteiger partial charge in [0.25, 0.3) is 0 Å². The molecule has 10 heteroatoms. The fourth-order valence-corrected chi connectivity index (χ4v) is 5.29. The summed E-state index contributed by atoms with van der Waals surface area (Å²) in [6.45, 7) is 10.9. The van der Waals surface area contributed by atoms with E-state index in [1.54, 1.807) is 11.8 Å². The molecule has 1 atom stereocenters. The number of halogens is 1. The molecular formula is C25H32IN6OPS. The highest BCUT2D eigenvalue weighted by Gasteiger charge is 2.19. The van der Waals surface area contributed by atoms with Gasteiger partial charge in [0.2, 0.25) is 5.95 Å². The van der Waals surface area contributed by atoms with E-state index in [-0.39, 0.29) is 0 Å². The van der Waals surface area contributed by atoms with E-state index in [1.807, 2.05) is 50.3 Å². The number of thioether (sulfide) groups is 1. The number of nitrogens with zero attached hydrogens (tertiary/aromatic N) is 6. The van der Waals surface area contributed by atoms with E-state index in [0.29, 0.717) is 31.4 Å². The maximum Gasteiger partial charge on any atom is 0.230 e. The van der Waals surface area contributed by atoms with Crippen molar-refractivity contribution < 1.29 is 4.74 Å². The summed E-state index contributed by atoms with van der Waals surface area (Å²) in [5.74, 6) is 2.21. The van der Waals surface area contributed by atoms with Gasteiger partial charge in [0.05, 0.1) is 25.1 Å². The Morgan fingerprint density at radius 3 is 2.40 bits per heavy atom. The lowest BCUT2D eigenvalue weighted by Gasteiger charge is -2.27. The molecule has 0 N–H and O–H groups in total. The molecule has 1 unspecified atom stereocenters. The van der Waals surface area contributed by atoms with Crippen molar-refractivity contribution >= 4 is 57.0 Å². The molecule has 7 nitrogen and oxygen atoms in total. The van der Waals surface area contributed by atoms with E-state index in [1.165, 1.54) is 5.56 Å². The van der Waals surface area contributed by atoms with Gasteiger partial charge in [-0.15, -0.1) is 0 Å².